The van der Waals surface area contributed by atoms with Crippen LogP contribution in [-0.4, -0.2) is 43.4 Å². The van der Waals surface area contributed by atoms with E-state index in [2.05, 4.69) is 40.5 Å². The Morgan fingerprint density at radius 3 is 2.78 bits per heavy atom. The molecule has 2 nitrogen and oxygen atoms in total. The molecule has 0 radical (unpaired) electrons. The SMILES string of the molecule is Cl.c1ccc(CSCCN2CCCNCC2)cc1. The molecule has 102 valence electrons. The molecule has 0 aromatic heterocycles. The Morgan fingerprint density at radius 2 is 1.94 bits per heavy atom. The Morgan fingerprint density at radius 1 is 1.11 bits per heavy atom. The largest absolute Gasteiger partial charge is 0.315 e. The van der Waals surface area contributed by atoms with E-state index in [-0.39, 0.29) is 12.4 Å². The van der Waals surface area contributed by atoms with Crippen LogP contribution in [0.4, 0.5) is 0 Å². The van der Waals surface area contributed by atoms with Crippen LogP contribution in [0.2, 0.25) is 0 Å². The molecule has 0 bridgehead atoms. The smallest absolute Gasteiger partial charge is 0.0185 e. The minimum atomic E-state index is 0. The summed E-state index contributed by atoms with van der Waals surface area (Å²) in [4.78, 5) is 2.58. The molecule has 0 unspecified atom stereocenters. The molecule has 1 aliphatic rings. The first-order chi connectivity index (χ1) is 8.45. The van der Waals surface area contributed by atoms with Crippen LogP contribution < -0.4 is 5.32 Å². The second kappa shape index (κ2) is 9.68. The highest BCUT2D eigenvalue weighted by Gasteiger charge is 2.07. The lowest BCUT2D eigenvalue weighted by atomic mass is 10.2. The summed E-state index contributed by atoms with van der Waals surface area (Å²) in [6.45, 7) is 6.06. The van der Waals surface area contributed by atoms with Gasteiger partial charge >= 0.3 is 0 Å². The summed E-state index contributed by atoms with van der Waals surface area (Å²) in [6.07, 6.45) is 1.29. The zero-order valence-electron chi connectivity index (χ0n) is 10.8. The molecule has 4 heteroatoms. The maximum Gasteiger partial charge on any atom is 0.0185 e. The van der Waals surface area contributed by atoms with E-state index >= 15 is 0 Å². The Labute approximate surface area is 121 Å². The molecule has 0 saturated carbocycles. The molecule has 1 aliphatic heterocycles. The molecular formula is C14H23ClN2S. The van der Waals surface area contributed by atoms with Gasteiger partial charge in [0.05, 0.1) is 0 Å². The molecular weight excluding hydrogens is 264 g/mol. The van der Waals surface area contributed by atoms with Crippen LogP contribution in [0.25, 0.3) is 0 Å². The predicted octanol–water partition coefficient (Wildman–Crippen LogP) is 2.64. The quantitative estimate of drug-likeness (QED) is 0.838. The topological polar surface area (TPSA) is 15.3 Å². The monoisotopic (exact) mass is 286 g/mol. The number of benzene rings is 1. The van der Waals surface area contributed by atoms with Gasteiger partial charge in [-0.05, 0) is 25.1 Å². The van der Waals surface area contributed by atoms with E-state index in [1.807, 2.05) is 11.8 Å². The van der Waals surface area contributed by atoms with Crippen molar-refractivity contribution in [2.24, 2.45) is 0 Å². The van der Waals surface area contributed by atoms with E-state index < -0.39 is 0 Å². The summed E-state index contributed by atoms with van der Waals surface area (Å²) in [6, 6.07) is 10.7. The Balaban J connectivity index is 0.00000162. The van der Waals surface area contributed by atoms with E-state index in [0.717, 1.165) is 12.3 Å². The second-order valence-corrected chi connectivity index (χ2v) is 5.59. The second-order valence-electron chi connectivity index (χ2n) is 4.48. The first kappa shape index (κ1) is 15.8. The van der Waals surface area contributed by atoms with Gasteiger partial charge in [0.15, 0.2) is 0 Å². The molecule has 18 heavy (non-hydrogen) atoms. The average Bonchev–Trinajstić information content (AvgIpc) is 2.65. The van der Waals surface area contributed by atoms with Gasteiger partial charge in [-0.25, -0.2) is 0 Å². The third kappa shape index (κ3) is 6.10. The molecule has 0 spiro atoms. The first-order valence-corrected chi connectivity index (χ1v) is 7.65. The number of nitrogens with one attached hydrogen (secondary N) is 1. The summed E-state index contributed by atoms with van der Waals surface area (Å²) in [7, 11) is 0. The molecule has 1 aromatic rings. The van der Waals surface area contributed by atoms with Crippen LogP contribution in [-0.2, 0) is 5.75 Å². The number of nitrogens with zero attached hydrogens (tertiary/aromatic N) is 1. The lowest BCUT2D eigenvalue weighted by Gasteiger charge is -2.18. The third-order valence-electron chi connectivity index (χ3n) is 3.10. The molecule has 2 rings (SSSR count). The van der Waals surface area contributed by atoms with Gasteiger partial charge in [-0.3, -0.25) is 0 Å². The van der Waals surface area contributed by atoms with Crippen LogP contribution in [0.1, 0.15) is 12.0 Å². The zero-order chi connectivity index (χ0) is 11.8. The van der Waals surface area contributed by atoms with Crippen molar-refractivity contribution in [2.45, 2.75) is 12.2 Å². The fourth-order valence-corrected chi connectivity index (χ4v) is 3.04. The molecule has 1 saturated heterocycles. The van der Waals surface area contributed by atoms with Crippen LogP contribution in [0.15, 0.2) is 30.3 Å². The molecule has 1 fully saturated rings. The maximum absolute atomic E-state index is 3.45. The summed E-state index contributed by atoms with van der Waals surface area (Å²) >= 11 is 2.04. The van der Waals surface area contributed by atoms with Crippen LogP contribution >= 0.6 is 24.2 Å². The van der Waals surface area contributed by atoms with Crippen molar-refractivity contribution in [3.05, 3.63) is 35.9 Å². The number of halogens is 1. The summed E-state index contributed by atoms with van der Waals surface area (Å²) in [5.74, 6) is 2.39. The van der Waals surface area contributed by atoms with E-state index in [4.69, 9.17) is 0 Å². The average molecular weight is 287 g/mol. The van der Waals surface area contributed by atoms with Crippen molar-refractivity contribution in [3.8, 4) is 0 Å². The van der Waals surface area contributed by atoms with Crippen molar-refractivity contribution in [2.75, 3.05) is 38.5 Å². The molecule has 0 aliphatic carbocycles. The van der Waals surface area contributed by atoms with Crippen molar-refractivity contribution < 1.29 is 0 Å². The molecule has 1 N–H and O–H groups in total. The van der Waals surface area contributed by atoms with Crippen molar-refractivity contribution in [3.63, 3.8) is 0 Å². The standard InChI is InChI=1S/C14H22N2S.ClH/c1-2-5-14(6-3-1)13-17-12-11-16-9-4-7-15-8-10-16;/h1-3,5-6,15H,4,7-13H2;1H. The molecule has 0 atom stereocenters. The van der Waals surface area contributed by atoms with Crippen molar-refractivity contribution in [1.82, 2.24) is 10.2 Å². The molecule has 1 heterocycles. The summed E-state index contributed by atoms with van der Waals surface area (Å²) in [5.41, 5.74) is 1.44. The summed E-state index contributed by atoms with van der Waals surface area (Å²) < 4.78 is 0. The van der Waals surface area contributed by atoms with E-state index in [9.17, 15) is 0 Å². The fraction of sp³-hybridized carbons (Fsp3) is 0.571. The van der Waals surface area contributed by atoms with E-state index in [1.165, 1.54) is 43.9 Å². The van der Waals surface area contributed by atoms with Gasteiger partial charge in [0.25, 0.3) is 0 Å². The minimum absolute atomic E-state index is 0. The Bertz CT molecular complexity index is 300. The first-order valence-electron chi connectivity index (χ1n) is 6.50. The van der Waals surface area contributed by atoms with Crippen LogP contribution in [0.5, 0.6) is 0 Å². The van der Waals surface area contributed by atoms with E-state index in [1.54, 1.807) is 0 Å². The fourth-order valence-electron chi connectivity index (χ4n) is 2.08. The van der Waals surface area contributed by atoms with Gasteiger partial charge in [-0.2, -0.15) is 11.8 Å². The number of hydrogen-bond acceptors (Lipinski definition) is 3. The number of rotatable bonds is 5. The van der Waals surface area contributed by atoms with Gasteiger partial charge < -0.3 is 10.2 Å². The van der Waals surface area contributed by atoms with Crippen molar-refractivity contribution >= 4 is 24.2 Å². The van der Waals surface area contributed by atoms with Gasteiger partial charge in [0, 0.05) is 31.1 Å². The number of thioether (sulfide) groups is 1. The molecule has 0 amide bonds. The van der Waals surface area contributed by atoms with Gasteiger partial charge in [0.1, 0.15) is 0 Å². The van der Waals surface area contributed by atoms with Gasteiger partial charge in [-0.15, -0.1) is 12.4 Å². The predicted molar refractivity (Wildman–Crippen MR) is 83.8 cm³/mol. The van der Waals surface area contributed by atoms with E-state index in [0.29, 0.717) is 0 Å². The minimum Gasteiger partial charge on any atom is -0.315 e. The lowest BCUT2D eigenvalue weighted by molar-refractivity contribution is 0.311. The van der Waals surface area contributed by atoms with Gasteiger partial charge in [-0.1, -0.05) is 30.3 Å². The molecule has 1 aromatic carbocycles. The summed E-state index contributed by atoms with van der Waals surface area (Å²) in [5, 5.41) is 3.45. The highest BCUT2D eigenvalue weighted by molar-refractivity contribution is 7.98. The maximum atomic E-state index is 3.45. The van der Waals surface area contributed by atoms with Crippen LogP contribution in [0, 0.1) is 0 Å². The van der Waals surface area contributed by atoms with Crippen LogP contribution in [0.3, 0.4) is 0 Å². The lowest BCUT2D eigenvalue weighted by Crippen LogP contribution is -2.30. The third-order valence-corrected chi connectivity index (χ3v) is 4.10. The van der Waals surface area contributed by atoms with Crippen molar-refractivity contribution in [1.29, 1.82) is 0 Å². The highest BCUT2D eigenvalue weighted by Crippen LogP contribution is 2.11. The zero-order valence-corrected chi connectivity index (χ0v) is 12.4. The Hall–Kier alpha value is -0.220. The number of hydrogen-bond donors (Lipinski definition) is 1. The normalized spacial score (nSPS) is 16.9. The Kier molecular flexibility index (Phi) is 8.51. The van der Waals surface area contributed by atoms with Gasteiger partial charge in [0.2, 0.25) is 0 Å². The highest BCUT2D eigenvalue weighted by atomic mass is 35.5.